The number of rotatable bonds is 3. The fourth-order valence-corrected chi connectivity index (χ4v) is 3.72. The van der Waals surface area contributed by atoms with Crippen molar-refractivity contribution in [2.45, 2.75) is 33.1 Å². The summed E-state index contributed by atoms with van der Waals surface area (Å²) in [5, 5.41) is 0. The van der Waals surface area contributed by atoms with Gasteiger partial charge in [-0.3, -0.25) is 0 Å². The van der Waals surface area contributed by atoms with E-state index in [0.717, 1.165) is 19.3 Å². The van der Waals surface area contributed by atoms with Gasteiger partial charge >= 0.3 is 0 Å². The molecule has 5 heteroatoms. The van der Waals surface area contributed by atoms with Gasteiger partial charge in [-0.2, -0.15) is 0 Å². The number of halogens is 1. The molecular weight excluding hydrogens is 234 g/mol. The van der Waals surface area contributed by atoms with Crippen LogP contribution in [0.15, 0.2) is 0 Å². The Labute approximate surface area is 97.8 Å². The van der Waals surface area contributed by atoms with E-state index in [2.05, 4.69) is 13.8 Å². The van der Waals surface area contributed by atoms with E-state index in [-0.39, 0.29) is 17.0 Å². The Hall–Kier alpha value is 0.200. The molecule has 0 spiro atoms. The van der Waals surface area contributed by atoms with E-state index in [9.17, 15) is 8.42 Å². The van der Waals surface area contributed by atoms with Crippen LogP contribution in [0, 0.1) is 5.41 Å². The number of alkyl halides is 1. The maximum Gasteiger partial charge on any atom is 0.215 e. The highest BCUT2D eigenvalue weighted by Crippen LogP contribution is 2.30. The van der Waals surface area contributed by atoms with E-state index < -0.39 is 10.0 Å². The number of hydrogen-bond donors (Lipinski definition) is 0. The Kier molecular flexibility index (Phi) is 4.44. The van der Waals surface area contributed by atoms with Gasteiger partial charge in [-0.25, -0.2) is 12.7 Å². The van der Waals surface area contributed by atoms with Gasteiger partial charge in [0, 0.05) is 19.0 Å². The normalized spacial score (nSPS) is 23.7. The largest absolute Gasteiger partial charge is 0.215 e. The van der Waals surface area contributed by atoms with Gasteiger partial charge in [0.2, 0.25) is 10.0 Å². The van der Waals surface area contributed by atoms with Crippen molar-refractivity contribution in [3.63, 3.8) is 0 Å². The molecule has 0 amide bonds. The van der Waals surface area contributed by atoms with Crippen LogP contribution in [0.4, 0.5) is 0 Å². The predicted molar refractivity (Wildman–Crippen MR) is 63.7 cm³/mol. The molecule has 0 aromatic heterocycles. The van der Waals surface area contributed by atoms with Gasteiger partial charge in [0.05, 0.1) is 5.75 Å². The molecular formula is C10H20ClNO2S. The highest BCUT2D eigenvalue weighted by molar-refractivity contribution is 7.89. The molecule has 0 N–H and O–H groups in total. The lowest BCUT2D eigenvalue weighted by Gasteiger charge is -2.22. The van der Waals surface area contributed by atoms with Gasteiger partial charge in [-0.15, -0.1) is 11.6 Å². The van der Waals surface area contributed by atoms with Crippen LogP contribution in [0.3, 0.4) is 0 Å². The number of hydrogen-bond acceptors (Lipinski definition) is 2. The van der Waals surface area contributed by atoms with Crippen molar-refractivity contribution >= 4 is 21.6 Å². The first-order chi connectivity index (χ1) is 6.87. The molecule has 0 bridgehead atoms. The second-order valence-corrected chi connectivity index (χ2v) is 7.39. The second-order valence-electron chi connectivity index (χ2n) is 4.92. The Morgan fingerprint density at radius 2 is 1.93 bits per heavy atom. The fraction of sp³-hybridized carbons (Fsp3) is 1.00. The van der Waals surface area contributed by atoms with Crippen LogP contribution < -0.4 is 0 Å². The van der Waals surface area contributed by atoms with Gasteiger partial charge in [0.25, 0.3) is 0 Å². The zero-order valence-corrected chi connectivity index (χ0v) is 11.1. The lowest BCUT2D eigenvalue weighted by atomic mass is 9.85. The molecule has 0 radical (unpaired) electrons. The van der Waals surface area contributed by atoms with Gasteiger partial charge < -0.3 is 0 Å². The molecule has 1 heterocycles. The molecule has 0 unspecified atom stereocenters. The van der Waals surface area contributed by atoms with Crippen LogP contribution in [0.25, 0.3) is 0 Å². The van der Waals surface area contributed by atoms with Crippen molar-refractivity contribution < 1.29 is 8.42 Å². The summed E-state index contributed by atoms with van der Waals surface area (Å²) in [6.45, 7) is 5.70. The topological polar surface area (TPSA) is 37.4 Å². The van der Waals surface area contributed by atoms with Gasteiger partial charge in [0.1, 0.15) is 0 Å². The molecule has 0 atom stereocenters. The van der Waals surface area contributed by atoms with E-state index in [1.165, 1.54) is 0 Å². The van der Waals surface area contributed by atoms with Crippen LogP contribution in [0.5, 0.6) is 0 Å². The van der Waals surface area contributed by atoms with Crippen molar-refractivity contribution in [2.24, 2.45) is 5.41 Å². The Morgan fingerprint density at radius 3 is 2.53 bits per heavy atom. The average Bonchev–Trinajstić information content (AvgIpc) is 2.26. The van der Waals surface area contributed by atoms with Crippen molar-refractivity contribution in [1.29, 1.82) is 0 Å². The zero-order valence-electron chi connectivity index (χ0n) is 9.50. The predicted octanol–water partition coefficient (Wildman–Crippen LogP) is 2.07. The Balaban J connectivity index is 2.66. The highest BCUT2D eigenvalue weighted by atomic mass is 35.5. The molecule has 1 aliphatic rings. The molecule has 0 aliphatic carbocycles. The van der Waals surface area contributed by atoms with E-state index in [1.54, 1.807) is 4.31 Å². The summed E-state index contributed by atoms with van der Waals surface area (Å²) in [7, 11) is -3.11. The summed E-state index contributed by atoms with van der Waals surface area (Å²) in [6, 6.07) is 0. The first-order valence-electron chi connectivity index (χ1n) is 5.41. The van der Waals surface area contributed by atoms with Gasteiger partial charge in [-0.1, -0.05) is 13.8 Å². The third-order valence-corrected chi connectivity index (χ3v) is 5.31. The lowest BCUT2D eigenvalue weighted by Crippen LogP contribution is -2.34. The van der Waals surface area contributed by atoms with Crippen molar-refractivity contribution in [3.8, 4) is 0 Å². The smallest absolute Gasteiger partial charge is 0.212 e. The Morgan fingerprint density at radius 1 is 1.27 bits per heavy atom. The summed E-state index contributed by atoms with van der Waals surface area (Å²) >= 11 is 5.50. The SMILES string of the molecule is CC1(C)CCCN(S(=O)(=O)CCCl)CC1. The van der Waals surface area contributed by atoms with Gasteiger partial charge in [-0.05, 0) is 24.7 Å². The molecule has 0 saturated carbocycles. The molecule has 0 aromatic carbocycles. The summed E-state index contributed by atoms with van der Waals surface area (Å²) in [5.41, 5.74) is 0.269. The molecule has 15 heavy (non-hydrogen) atoms. The average molecular weight is 254 g/mol. The summed E-state index contributed by atoms with van der Waals surface area (Å²) in [6.07, 6.45) is 2.99. The maximum atomic E-state index is 11.8. The van der Waals surface area contributed by atoms with E-state index in [4.69, 9.17) is 11.6 Å². The highest BCUT2D eigenvalue weighted by Gasteiger charge is 2.28. The minimum atomic E-state index is -3.11. The van der Waals surface area contributed by atoms with E-state index in [0.29, 0.717) is 13.1 Å². The molecule has 1 rings (SSSR count). The second kappa shape index (κ2) is 5.02. The zero-order chi connectivity index (χ0) is 11.5. The number of sulfonamides is 1. The van der Waals surface area contributed by atoms with Crippen LogP contribution in [0.1, 0.15) is 33.1 Å². The summed E-state index contributed by atoms with van der Waals surface area (Å²) < 4.78 is 25.2. The minimum absolute atomic E-state index is 0.0645. The molecule has 1 aliphatic heterocycles. The summed E-state index contributed by atoms with van der Waals surface area (Å²) in [5.74, 6) is 0.247. The monoisotopic (exact) mass is 253 g/mol. The molecule has 3 nitrogen and oxygen atoms in total. The molecule has 0 aromatic rings. The third kappa shape index (κ3) is 3.93. The standard InChI is InChI=1S/C10H20ClNO2S/c1-10(2)4-3-7-12(8-5-10)15(13,14)9-6-11/h3-9H2,1-2H3. The summed E-state index contributed by atoms with van der Waals surface area (Å²) in [4.78, 5) is 0. The minimum Gasteiger partial charge on any atom is -0.212 e. The lowest BCUT2D eigenvalue weighted by molar-refractivity contribution is 0.315. The van der Waals surface area contributed by atoms with Crippen LogP contribution in [-0.4, -0.2) is 37.4 Å². The quantitative estimate of drug-likeness (QED) is 0.722. The van der Waals surface area contributed by atoms with Crippen molar-refractivity contribution in [2.75, 3.05) is 24.7 Å². The first-order valence-corrected chi connectivity index (χ1v) is 7.56. The Bertz CT molecular complexity index is 301. The van der Waals surface area contributed by atoms with Crippen LogP contribution >= 0.6 is 11.6 Å². The van der Waals surface area contributed by atoms with E-state index >= 15 is 0 Å². The van der Waals surface area contributed by atoms with Crippen LogP contribution in [-0.2, 0) is 10.0 Å². The fourth-order valence-electron chi connectivity index (χ4n) is 1.90. The first kappa shape index (κ1) is 13.3. The number of nitrogens with zero attached hydrogens (tertiary/aromatic N) is 1. The van der Waals surface area contributed by atoms with E-state index in [1.807, 2.05) is 0 Å². The molecule has 90 valence electrons. The third-order valence-electron chi connectivity index (χ3n) is 3.03. The van der Waals surface area contributed by atoms with Crippen molar-refractivity contribution in [3.05, 3.63) is 0 Å². The maximum absolute atomic E-state index is 11.8. The van der Waals surface area contributed by atoms with Crippen molar-refractivity contribution in [1.82, 2.24) is 4.31 Å². The van der Waals surface area contributed by atoms with Gasteiger partial charge in [0.15, 0.2) is 0 Å². The van der Waals surface area contributed by atoms with Crippen LogP contribution in [0.2, 0.25) is 0 Å². The molecule has 1 fully saturated rings. The molecule has 1 saturated heterocycles.